The summed E-state index contributed by atoms with van der Waals surface area (Å²) in [4.78, 5) is 15.0. The lowest BCUT2D eigenvalue weighted by molar-refractivity contribution is -0.126. The molecule has 1 amide bonds. The second-order valence-corrected chi connectivity index (χ2v) is 8.29. The molecule has 1 saturated heterocycles. The van der Waals surface area contributed by atoms with E-state index in [0.717, 1.165) is 56.1 Å². The predicted molar refractivity (Wildman–Crippen MR) is 109 cm³/mol. The number of piperidine rings is 1. The van der Waals surface area contributed by atoms with Crippen molar-refractivity contribution in [1.82, 2.24) is 25.0 Å². The van der Waals surface area contributed by atoms with Gasteiger partial charge in [-0.2, -0.15) is 0 Å². The SMILES string of the molecule is CC(C(=O)NCc1ccc(F)cc1)N1CCCC(c2nnc3n2CCCCC3)C1. The van der Waals surface area contributed by atoms with E-state index in [1.807, 2.05) is 6.92 Å². The molecule has 2 aromatic rings. The molecule has 7 heteroatoms. The monoisotopic (exact) mass is 399 g/mol. The van der Waals surface area contributed by atoms with Crippen LogP contribution in [0.2, 0.25) is 0 Å². The quantitative estimate of drug-likeness (QED) is 0.840. The number of nitrogens with zero attached hydrogens (tertiary/aromatic N) is 4. The molecule has 3 heterocycles. The van der Waals surface area contributed by atoms with Crippen LogP contribution in [-0.2, 0) is 24.3 Å². The molecule has 0 spiro atoms. The van der Waals surface area contributed by atoms with Crippen molar-refractivity contribution in [2.75, 3.05) is 13.1 Å². The van der Waals surface area contributed by atoms with Gasteiger partial charge in [-0.3, -0.25) is 9.69 Å². The van der Waals surface area contributed by atoms with Crippen LogP contribution in [-0.4, -0.2) is 44.7 Å². The molecule has 1 fully saturated rings. The highest BCUT2D eigenvalue weighted by Gasteiger charge is 2.31. The summed E-state index contributed by atoms with van der Waals surface area (Å²) in [6, 6.07) is 6.04. The van der Waals surface area contributed by atoms with E-state index in [0.29, 0.717) is 12.5 Å². The lowest BCUT2D eigenvalue weighted by atomic mass is 9.95. The number of rotatable bonds is 5. The molecule has 0 aliphatic carbocycles. The maximum atomic E-state index is 13.0. The summed E-state index contributed by atoms with van der Waals surface area (Å²) in [5.41, 5.74) is 0.898. The molecular formula is C22H30FN5O. The van der Waals surface area contributed by atoms with Crippen molar-refractivity contribution in [3.05, 3.63) is 47.3 Å². The molecule has 2 aliphatic heterocycles. The molecular weight excluding hydrogens is 369 g/mol. The zero-order valence-corrected chi connectivity index (χ0v) is 17.1. The van der Waals surface area contributed by atoms with Crippen molar-refractivity contribution >= 4 is 5.91 Å². The number of aryl methyl sites for hydroxylation is 1. The summed E-state index contributed by atoms with van der Waals surface area (Å²) < 4.78 is 15.4. The maximum Gasteiger partial charge on any atom is 0.237 e. The van der Waals surface area contributed by atoms with Crippen molar-refractivity contribution in [1.29, 1.82) is 0 Å². The Bertz CT molecular complexity index is 834. The smallest absolute Gasteiger partial charge is 0.237 e. The first-order chi connectivity index (χ1) is 14.1. The average Bonchev–Trinajstić information content (AvgIpc) is 3.01. The summed E-state index contributed by atoms with van der Waals surface area (Å²) in [5.74, 6) is 2.30. The van der Waals surface area contributed by atoms with Gasteiger partial charge in [0.1, 0.15) is 17.5 Å². The van der Waals surface area contributed by atoms with E-state index in [2.05, 4.69) is 25.0 Å². The number of halogens is 1. The summed E-state index contributed by atoms with van der Waals surface area (Å²) >= 11 is 0. The summed E-state index contributed by atoms with van der Waals surface area (Å²) in [6.45, 7) is 5.15. The largest absolute Gasteiger partial charge is 0.351 e. The number of nitrogens with one attached hydrogen (secondary N) is 1. The van der Waals surface area contributed by atoms with E-state index in [4.69, 9.17) is 0 Å². The minimum atomic E-state index is -0.265. The number of aromatic nitrogens is 3. The number of likely N-dealkylation sites (tertiary alicyclic amines) is 1. The third-order valence-corrected chi connectivity index (χ3v) is 6.26. The molecule has 2 aliphatic rings. The predicted octanol–water partition coefficient (Wildman–Crippen LogP) is 3.03. The highest BCUT2D eigenvalue weighted by molar-refractivity contribution is 5.81. The molecule has 156 valence electrons. The first-order valence-electron chi connectivity index (χ1n) is 10.8. The number of hydrogen-bond donors (Lipinski definition) is 1. The van der Waals surface area contributed by atoms with Crippen molar-refractivity contribution in [3.8, 4) is 0 Å². The molecule has 2 unspecified atom stereocenters. The van der Waals surface area contributed by atoms with Gasteiger partial charge in [-0.05, 0) is 56.8 Å². The zero-order chi connectivity index (χ0) is 20.2. The van der Waals surface area contributed by atoms with Gasteiger partial charge in [0.05, 0.1) is 6.04 Å². The Morgan fingerprint density at radius 3 is 2.83 bits per heavy atom. The van der Waals surface area contributed by atoms with Gasteiger partial charge in [0.25, 0.3) is 0 Å². The van der Waals surface area contributed by atoms with Crippen LogP contribution in [0.5, 0.6) is 0 Å². The lowest BCUT2D eigenvalue weighted by Gasteiger charge is -2.35. The Kier molecular flexibility index (Phi) is 6.23. The molecule has 6 nitrogen and oxygen atoms in total. The highest BCUT2D eigenvalue weighted by Crippen LogP contribution is 2.28. The molecule has 0 radical (unpaired) electrons. The summed E-state index contributed by atoms with van der Waals surface area (Å²) in [6.07, 6.45) is 6.81. The highest BCUT2D eigenvalue weighted by atomic mass is 19.1. The molecule has 4 rings (SSSR count). The van der Waals surface area contributed by atoms with Gasteiger partial charge in [-0.15, -0.1) is 10.2 Å². The minimum Gasteiger partial charge on any atom is -0.351 e. The van der Waals surface area contributed by atoms with Gasteiger partial charge in [0.15, 0.2) is 0 Å². The minimum absolute atomic E-state index is 0.00930. The van der Waals surface area contributed by atoms with E-state index in [9.17, 15) is 9.18 Å². The second-order valence-electron chi connectivity index (χ2n) is 8.29. The average molecular weight is 400 g/mol. The van der Waals surface area contributed by atoms with E-state index in [1.165, 1.54) is 31.4 Å². The zero-order valence-electron chi connectivity index (χ0n) is 17.1. The summed E-state index contributed by atoms with van der Waals surface area (Å²) in [5, 5.41) is 12.0. The van der Waals surface area contributed by atoms with Gasteiger partial charge in [-0.1, -0.05) is 18.6 Å². The molecule has 0 bridgehead atoms. The van der Waals surface area contributed by atoms with Gasteiger partial charge >= 0.3 is 0 Å². The third kappa shape index (κ3) is 4.66. The lowest BCUT2D eigenvalue weighted by Crippen LogP contribution is -2.48. The van der Waals surface area contributed by atoms with Crippen LogP contribution in [0, 0.1) is 5.82 Å². The maximum absolute atomic E-state index is 13.0. The van der Waals surface area contributed by atoms with Crippen LogP contribution in [0.15, 0.2) is 24.3 Å². The van der Waals surface area contributed by atoms with E-state index in [1.54, 1.807) is 12.1 Å². The van der Waals surface area contributed by atoms with Crippen molar-refractivity contribution in [3.63, 3.8) is 0 Å². The van der Waals surface area contributed by atoms with Crippen LogP contribution in [0.25, 0.3) is 0 Å². The first-order valence-corrected chi connectivity index (χ1v) is 10.8. The van der Waals surface area contributed by atoms with Crippen molar-refractivity contribution in [2.45, 2.75) is 70.5 Å². The molecule has 1 aromatic carbocycles. The Hall–Kier alpha value is -2.28. The van der Waals surface area contributed by atoms with Crippen LogP contribution >= 0.6 is 0 Å². The summed E-state index contributed by atoms with van der Waals surface area (Å²) in [7, 11) is 0. The molecule has 2 atom stereocenters. The van der Waals surface area contributed by atoms with Crippen LogP contribution in [0.3, 0.4) is 0 Å². The van der Waals surface area contributed by atoms with Crippen LogP contribution < -0.4 is 5.32 Å². The van der Waals surface area contributed by atoms with Gasteiger partial charge in [-0.25, -0.2) is 4.39 Å². The Labute approximate surface area is 171 Å². The van der Waals surface area contributed by atoms with Crippen molar-refractivity contribution in [2.24, 2.45) is 0 Å². The van der Waals surface area contributed by atoms with Crippen LogP contribution in [0.4, 0.5) is 4.39 Å². The Morgan fingerprint density at radius 2 is 2.00 bits per heavy atom. The molecule has 1 aromatic heterocycles. The number of fused-ring (bicyclic) bond motifs is 1. The number of hydrogen-bond acceptors (Lipinski definition) is 4. The topological polar surface area (TPSA) is 63.1 Å². The Morgan fingerprint density at radius 1 is 1.17 bits per heavy atom. The second kappa shape index (κ2) is 9.03. The fraction of sp³-hybridized carbons (Fsp3) is 0.591. The van der Waals surface area contributed by atoms with Crippen LogP contribution in [0.1, 0.15) is 62.2 Å². The molecule has 0 saturated carbocycles. The van der Waals surface area contributed by atoms with Gasteiger partial charge in [0.2, 0.25) is 5.91 Å². The first kappa shape index (κ1) is 20.0. The number of amides is 1. The number of carbonyl (C=O) groups excluding carboxylic acids is 1. The molecule has 29 heavy (non-hydrogen) atoms. The Balaban J connectivity index is 1.37. The fourth-order valence-corrected chi connectivity index (χ4v) is 4.48. The fourth-order valence-electron chi connectivity index (χ4n) is 4.48. The number of carbonyl (C=O) groups is 1. The van der Waals surface area contributed by atoms with E-state index < -0.39 is 0 Å². The number of benzene rings is 1. The third-order valence-electron chi connectivity index (χ3n) is 6.26. The molecule has 1 N–H and O–H groups in total. The van der Waals surface area contributed by atoms with Gasteiger partial charge < -0.3 is 9.88 Å². The van der Waals surface area contributed by atoms with E-state index in [-0.39, 0.29) is 17.8 Å². The van der Waals surface area contributed by atoms with Gasteiger partial charge in [0, 0.05) is 32.0 Å². The standard InChI is InChI=1S/C22H30FN5O/c1-16(22(29)24-14-17-8-10-19(23)11-9-17)27-12-5-6-18(15-27)21-26-25-20-7-3-2-4-13-28(20)21/h8-11,16,18H,2-7,12-15H2,1H3,(H,24,29). The van der Waals surface area contributed by atoms with E-state index >= 15 is 0 Å². The van der Waals surface area contributed by atoms with Crippen molar-refractivity contribution < 1.29 is 9.18 Å². The normalized spacial score (nSPS) is 21.2.